The molecule has 0 aromatic carbocycles. The first-order valence-corrected chi connectivity index (χ1v) is 7.78. The highest BCUT2D eigenvalue weighted by Gasteiger charge is 2.29. The molecule has 0 radical (unpaired) electrons. The summed E-state index contributed by atoms with van der Waals surface area (Å²) in [7, 11) is 0. The smallest absolute Gasteiger partial charge is 0.00683 e. The van der Waals surface area contributed by atoms with Crippen LogP contribution in [0, 0.1) is 17.3 Å². The minimum absolute atomic E-state index is 0.528. The van der Waals surface area contributed by atoms with Gasteiger partial charge in [-0.15, -0.1) is 0 Å². The predicted octanol–water partition coefficient (Wildman–Crippen LogP) is 4.37. The molecule has 17 heavy (non-hydrogen) atoms. The lowest BCUT2D eigenvalue weighted by Gasteiger charge is -2.23. The van der Waals surface area contributed by atoms with Gasteiger partial charge >= 0.3 is 0 Å². The van der Waals surface area contributed by atoms with Crippen molar-refractivity contribution in [2.45, 2.75) is 78.2 Å². The van der Waals surface area contributed by atoms with Crippen LogP contribution in [0.15, 0.2) is 0 Å². The molecular formula is C16H31N. The summed E-state index contributed by atoms with van der Waals surface area (Å²) in [6.07, 6.45) is 11.6. The second kappa shape index (κ2) is 5.73. The van der Waals surface area contributed by atoms with Gasteiger partial charge in [-0.1, -0.05) is 46.5 Å². The summed E-state index contributed by atoms with van der Waals surface area (Å²) >= 11 is 0. The van der Waals surface area contributed by atoms with Gasteiger partial charge in [0.05, 0.1) is 0 Å². The van der Waals surface area contributed by atoms with Crippen LogP contribution < -0.4 is 5.32 Å². The molecule has 0 bridgehead atoms. The average Bonchev–Trinajstić information content (AvgIpc) is 2.95. The SMILES string of the molecule is CC(C)(C)CCCC1CCCC1CNC1CC1. The van der Waals surface area contributed by atoms with Crippen molar-refractivity contribution in [3.8, 4) is 0 Å². The maximum absolute atomic E-state index is 3.74. The Balaban J connectivity index is 1.63. The summed E-state index contributed by atoms with van der Waals surface area (Å²) in [6, 6.07) is 0.894. The van der Waals surface area contributed by atoms with E-state index >= 15 is 0 Å². The van der Waals surface area contributed by atoms with E-state index in [2.05, 4.69) is 26.1 Å². The summed E-state index contributed by atoms with van der Waals surface area (Å²) in [6.45, 7) is 8.42. The van der Waals surface area contributed by atoms with Crippen molar-refractivity contribution in [2.75, 3.05) is 6.54 Å². The maximum atomic E-state index is 3.74. The molecule has 100 valence electrons. The molecule has 0 aliphatic heterocycles. The van der Waals surface area contributed by atoms with Crippen molar-refractivity contribution in [3.05, 3.63) is 0 Å². The lowest BCUT2D eigenvalue weighted by atomic mass is 9.85. The fraction of sp³-hybridized carbons (Fsp3) is 1.00. The molecule has 0 heterocycles. The van der Waals surface area contributed by atoms with Gasteiger partial charge < -0.3 is 5.32 Å². The molecule has 0 amide bonds. The van der Waals surface area contributed by atoms with Gasteiger partial charge in [0.25, 0.3) is 0 Å². The van der Waals surface area contributed by atoms with Crippen LogP contribution in [0.5, 0.6) is 0 Å². The molecule has 2 unspecified atom stereocenters. The summed E-state index contributed by atoms with van der Waals surface area (Å²) in [4.78, 5) is 0. The van der Waals surface area contributed by atoms with Crippen LogP contribution in [0.1, 0.15) is 72.1 Å². The normalized spacial score (nSPS) is 29.8. The molecule has 2 fully saturated rings. The van der Waals surface area contributed by atoms with E-state index in [1.807, 2.05) is 0 Å². The highest BCUT2D eigenvalue weighted by Crippen LogP contribution is 2.36. The Morgan fingerprint density at radius 3 is 2.35 bits per heavy atom. The molecule has 0 aromatic rings. The van der Waals surface area contributed by atoms with Crippen molar-refractivity contribution in [1.29, 1.82) is 0 Å². The Kier molecular flexibility index (Phi) is 4.52. The van der Waals surface area contributed by atoms with E-state index in [9.17, 15) is 0 Å². The lowest BCUT2D eigenvalue weighted by molar-refractivity contribution is 0.299. The number of nitrogens with one attached hydrogen (secondary N) is 1. The van der Waals surface area contributed by atoms with Gasteiger partial charge in [0.15, 0.2) is 0 Å². The van der Waals surface area contributed by atoms with Crippen molar-refractivity contribution >= 4 is 0 Å². The molecule has 0 aromatic heterocycles. The standard InChI is InChI=1S/C16H31N/c1-16(2,3)11-5-8-13-6-4-7-14(13)12-17-15-9-10-15/h13-15,17H,4-12H2,1-3H3. The molecular weight excluding hydrogens is 206 g/mol. The third-order valence-corrected chi connectivity index (χ3v) is 4.56. The Labute approximate surface area is 108 Å². The fourth-order valence-corrected chi connectivity index (χ4v) is 3.26. The van der Waals surface area contributed by atoms with Gasteiger partial charge in [-0.3, -0.25) is 0 Å². The highest BCUT2D eigenvalue weighted by molar-refractivity contribution is 4.85. The third-order valence-electron chi connectivity index (χ3n) is 4.56. The average molecular weight is 237 g/mol. The Morgan fingerprint density at radius 1 is 1.00 bits per heavy atom. The zero-order chi connectivity index (χ0) is 12.3. The van der Waals surface area contributed by atoms with Crippen LogP contribution in [0.4, 0.5) is 0 Å². The van der Waals surface area contributed by atoms with Gasteiger partial charge in [0.1, 0.15) is 0 Å². The van der Waals surface area contributed by atoms with Crippen LogP contribution in [0.3, 0.4) is 0 Å². The summed E-state index contributed by atoms with van der Waals surface area (Å²) in [5, 5.41) is 3.74. The lowest BCUT2D eigenvalue weighted by Crippen LogP contribution is -2.27. The molecule has 1 nitrogen and oxygen atoms in total. The quantitative estimate of drug-likeness (QED) is 0.723. The third kappa shape index (κ3) is 4.99. The van der Waals surface area contributed by atoms with Crippen LogP contribution >= 0.6 is 0 Å². The van der Waals surface area contributed by atoms with E-state index in [0.717, 1.165) is 17.9 Å². The van der Waals surface area contributed by atoms with E-state index in [-0.39, 0.29) is 0 Å². The molecule has 2 rings (SSSR count). The van der Waals surface area contributed by atoms with Gasteiger partial charge in [0, 0.05) is 6.04 Å². The van der Waals surface area contributed by atoms with Gasteiger partial charge in [-0.25, -0.2) is 0 Å². The largest absolute Gasteiger partial charge is 0.314 e. The summed E-state index contributed by atoms with van der Waals surface area (Å²) in [5.74, 6) is 2.03. The Morgan fingerprint density at radius 2 is 1.71 bits per heavy atom. The van der Waals surface area contributed by atoms with E-state index in [4.69, 9.17) is 0 Å². The van der Waals surface area contributed by atoms with Gasteiger partial charge in [0.2, 0.25) is 0 Å². The van der Waals surface area contributed by atoms with Gasteiger partial charge in [-0.2, -0.15) is 0 Å². The zero-order valence-corrected chi connectivity index (χ0v) is 12.1. The topological polar surface area (TPSA) is 12.0 Å². The molecule has 2 atom stereocenters. The van der Waals surface area contributed by atoms with E-state index in [0.29, 0.717) is 5.41 Å². The second-order valence-electron chi connectivity index (χ2n) is 7.59. The number of hydrogen-bond donors (Lipinski definition) is 1. The van der Waals surface area contributed by atoms with Crippen molar-refractivity contribution in [1.82, 2.24) is 5.32 Å². The summed E-state index contributed by atoms with van der Waals surface area (Å²) < 4.78 is 0. The molecule has 1 N–H and O–H groups in total. The molecule has 2 aliphatic rings. The van der Waals surface area contributed by atoms with Crippen molar-refractivity contribution in [3.63, 3.8) is 0 Å². The monoisotopic (exact) mass is 237 g/mol. The maximum Gasteiger partial charge on any atom is 0.00683 e. The van der Waals surface area contributed by atoms with Crippen LogP contribution in [-0.2, 0) is 0 Å². The van der Waals surface area contributed by atoms with E-state index in [1.54, 1.807) is 0 Å². The Hall–Kier alpha value is -0.0400. The Bertz CT molecular complexity index is 224. The van der Waals surface area contributed by atoms with Gasteiger partial charge in [-0.05, 0) is 49.5 Å². The van der Waals surface area contributed by atoms with Crippen LogP contribution in [-0.4, -0.2) is 12.6 Å². The molecule has 0 saturated heterocycles. The minimum atomic E-state index is 0.528. The molecule has 0 spiro atoms. The first-order chi connectivity index (χ1) is 8.04. The number of hydrogen-bond acceptors (Lipinski definition) is 1. The first kappa shape index (κ1) is 13.4. The zero-order valence-electron chi connectivity index (χ0n) is 12.1. The highest BCUT2D eigenvalue weighted by atomic mass is 14.9. The fourth-order valence-electron chi connectivity index (χ4n) is 3.26. The van der Waals surface area contributed by atoms with E-state index in [1.165, 1.54) is 57.9 Å². The first-order valence-electron chi connectivity index (χ1n) is 7.78. The molecule has 1 heteroatoms. The molecule has 2 aliphatic carbocycles. The second-order valence-corrected chi connectivity index (χ2v) is 7.59. The van der Waals surface area contributed by atoms with E-state index < -0.39 is 0 Å². The van der Waals surface area contributed by atoms with Crippen molar-refractivity contribution < 1.29 is 0 Å². The van der Waals surface area contributed by atoms with Crippen molar-refractivity contribution in [2.24, 2.45) is 17.3 Å². The molecule has 2 saturated carbocycles. The predicted molar refractivity (Wildman–Crippen MR) is 75.2 cm³/mol. The van der Waals surface area contributed by atoms with Crippen LogP contribution in [0.25, 0.3) is 0 Å². The minimum Gasteiger partial charge on any atom is -0.314 e. The van der Waals surface area contributed by atoms with Crippen LogP contribution in [0.2, 0.25) is 0 Å². The number of rotatable bonds is 6. The summed E-state index contributed by atoms with van der Waals surface area (Å²) in [5.41, 5.74) is 0.528.